The van der Waals surface area contributed by atoms with Crippen LogP contribution >= 0.6 is 11.8 Å². The lowest BCUT2D eigenvalue weighted by Crippen LogP contribution is -2.20. The topological polar surface area (TPSA) is 38.3 Å². The fraction of sp³-hybridized carbons (Fsp3) is 0.875. The number of carbonyl (C=O) groups excluding carboxylic acids is 1. The highest BCUT2D eigenvalue weighted by molar-refractivity contribution is 7.98. The van der Waals surface area contributed by atoms with E-state index in [2.05, 4.69) is 16.3 Å². The highest BCUT2D eigenvalue weighted by Crippen LogP contribution is 1.93. The van der Waals surface area contributed by atoms with E-state index >= 15 is 0 Å². The first-order chi connectivity index (χ1) is 5.81. The molecule has 0 aromatic heterocycles. The Balaban J connectivity index is 2.95. The zero-order valence-electron chi connectivity index (χ0n) is 7.76. The van der Waals surface area contributed by atoms with Gasteiger partial charge in [-0.1, -0.05) is 0 Å². The van der Waals surface area contributed by atoms with Crippen molar-refractivity contribution in [2.24, 2.45) is 0 Å². The summed E-state index contributed by atoms with van der Waals surface area (Å²) in [7, 11) is 1.41. The van der Waals surface area contributed by atoms with Crippen LogP contribution < -0.4 is 5.32 Å². The summed E-state index contributed by atoms with van der Waals surface area (Å²) in [6.45, 7) is 1.71. The number of carbonyl (C=O) groups is 1. The molecule has 0 rings (SSSR count). The number of hydrogen-bond acceptors (Lipinski definition) is 4. The van der Waals surface area contributed by atoms with Crippen LogP contribution in [0.1, 0.15) is 12.8 Å². The molecule has 0 saturated heterocycles. The van der Waals surface area contributed by atoms with E-state index in [0.29, 0.717) is 6.42 Å². The molecule has 0 unspecified atom stereocenters. The first-order valence-corrected chi connectivity index (χ1v) is 5.47. The third-order valence-corrected chi connectivity index (χ3v) is 2.13. The molecular formula is C8H17NO2S. The van der Waals surface area contributed by atoms with Crippen LogP contribution in [0.5, 0.6) is 0 Å². The highest BCUT2D eigenvalue weighted by Gasteiger charge is 1.97. The largest absolute Gasteiger partial charge is 0.469 e. The van der Waals surface area contributed by atoms with Crippen molar-refractivity contribution in [2.75, 3.05) is 32.2 Å². The van der Waals surface area contributed by atoms with Crippen LogP contribution in [-0.2, 0) is 9.53 Å². The average molecular weight is 191 g/mol. The minimum absolute atomic E-state index is 0.146. The second kappa shape index (κ2) is 8.87. The number of hydrogen-bond donors (Lipinski definition) is 1. The Labute approximate surface area is 78.2 Å². The molecule has 0 bridgehead atoms. The minimum atomic E-state index is -0.146. The normalized spacial score (nSPS) is 9.83. The monoisotopic (exact) mass is 191 g/mol. The number of thioether (sulfide) groups is 1. The molecule has 3 nitrogen and oxygen atoms in total. The lowest BCUT2D eigenvalue weighted by atomic mass is 10.4. The molecular weight excluding hydrogens is 174 g/mol. The molecule has 0 saturated carbocycles. The predicted molar refractivity (Wildman–Crippen MR) is 52.5 cm³/mol. The van der Waals surface area contributed by atoms with Gasteiger partial charge >= 0.3 is 5.97 Å². The lowest BCUT2D eigenvalue weighted by Gasteiger charge is -2.02. The molecule has 0 aromatic carbocycles. The van der Waals surface area contributed by atoms with Crippen molar-refractivity contribution in [3.63, 3.8) is 0 Å². The molecule has 0 amide bonds. The zero-order chi connectivity index (χ0) is 9.23. The van der Waals surface area contributed by atoms with Gasteiger partial charge in [0.25, 0.3) is 0 Å². The summed E-state index contributed by atoms with van der Waals surface area (Å²) in [6.07, 6.45) is 3.71. The van der Waals surface area contributed by atoms with Crippen LogP contribution in [0.3, 0.4) is 0 Å². The smallest absolute Gasteiger partial charge is 0.306 e. The van der Waals surface area contributed by atoms with Gasteiger partial charge in [0.15, 0.2) is 0 Å². The molecule has 0 atom stereocenters. The Morgan fingerprint density at radius 2 is 2.25 bits per heavy atom. The van der Waals surface area contributed by atoms with Gasteiger partial charge in [-0.15, -0.1) is 0 Å². The van der Waals surface area contributed by atoms with E-state index in [1.165, 1.54) is 12.9 Å². The highest BCUT2D eigenvalue weighted by atomic mass is 32.2. The quantitative estimate of drug-likeness (QED) is 0.479. The van der Waals surface area contributed by atoms with Gasteiger partial charge in [0.1, 0.15) is 0 Å². The predicted octanol–water partition coefficient (Wildman–Crippen LogP) is 0.892. The maximum atomic E-state index is 10.6. The first-order valence-electron chi connectivity index (χ1n) is 4.07. The van der Waals surface area contributed by atoms with Gasteiger partial charge < -0.3 is 10.1 Å². The molecule has 1 N–H and O–H groups in total. The van der Waals surface area contributed by atoms with E-state index in [1.807, 2.05) is 11.8 Å². The molecule has 0 aliphatic rings. The number of ether oxygens (including phenoxy) is 1. The Hall–Kier alpha value is -0.220. The number of esters is 1. The van der Waals surface area contributed by atoms with Crippen molar-refractivity contribution in [1.82, 2.24) is 5.32 Å². The van der Waals surface area contributed by atoms with E-state index < -0.39 is 0 Å². The van der Waals surface area contributed by atoms with Crippen LogP contribution in [0.15, 0.2) is 0 Å². The maximum Gasteiger partial charge on any atom is 0.306 e. The summed E-state index contributed by atoms with van der Waals surface area (Å²) in [5, 5.41) is 3.17. The molecule has 0 heterocycles. The van der Waals surface area contributed by atoms with Gasteiger partial charge in [-0.2, -0.15) is 11.8 Å². The Bertz CT molecular complexity index is 120. The molecule has 0 radical (unpaired) electrons. The molecule has 4 heteroatoms. The molecule has 0 aliphatic carbocycles. The summed E-state index contributed by atoms with van der Waals surface area (Å²) in [5.74, 6) is 1.03. The van der Waals surface area contributed by atoms with Gasteiger partial charge in [0.2, 0.25) is 0 Å². The summed E-state index contributed by atoms with van der Waals surface area (Å²) in [4.78, 5) is 10.6. The van der Waals surface area contributed by atoms with Crippen LogP contribution in [0.2, 0.25) is 0 Å². The van der Waals surface area contributed by atoms with Gasteiger partial charge in [0.05, 0.1) is 13.5 Å². The van der Waals surface area contributed by atoms with Crippen LogP contribution in [0.4, 0.5) is 0 Å². The van der Waals surface area contributed by atoms with Crippen molar-refractivity contribution in [2.45, 2.75) is 12.8 Å². The molecule has 12 heavy (non-hydrogen) atoms. The fourth-order valence-electron chi connectivity index (χ4n) is 0.759. The summed E-state index contributed by atoms with van der Waals surface area (Å²) in [5.41, 5.74) is 0. The maximum absolute atomic E-state index is 10.6. The van der Waals surface area contributed by atoms with E-state index in [4.69, 9.17) is 0 Å². The third-order valence-electron chi connectivity index (χ3n) is 1.44. The standard InChI is InChI=1S/C8H17NO2S/c1-11-8(10)4-6-9-5-3-7-12-2/h9H,3-7H2,1-2H3. The summed E-state index contributed by atoms with van der Waals surface area (Å²) < 4.78 is 4.49. The Kier molecular flexibility index (Phi) is 8.71. The molecule has 0 aliphatic heterocycles. The SMILES string of the molecule is COC(=O)CCNCCCSC. The van der Waals surface area contributed by atoms with Crippen molar-refractivity contribution in [3.05, 3.63) is 0 Å². The van der Waals surface area contributed by atoms with Crippen molar-refractivity contribution in [1.29, 1.82) is 0 Å². The van der Waals surface area contributed by atoms with E-state index in [0.717, 1.165) is 19.5 Å². The van der Waals surface area contributed by atoms with Gasteiger partial charge in [-0.25, -0.2) is 0 Å². The second-order valence-electron chi connectivity index (χ2n) is 2.42. The van der Waals surface area contributed by atoms with Crippen molar-refractivity contribution in [3.8, 4) is 0 Å². The van der Waals surface area contributed by atoms with Crippen molar-refractivity contribution < 1.29 is 9.53 Å². The average Bonchev–Trinajstić information content (AvgIpc) is 2.10. The van der Waals surface area contributed by atoms with Crippen LogP contribution in [0, 0.1) is 0 Å². The molecule has 72 valence electrons. The summed E-state index contributed by atoms with van der Waals surface area (Å²) >= 11 is 1.84. The molecule has 0 aromatic rings. The number of methoxy groups -OCH3 is 1. The number of nitrogens with one attached hydrogen (secondary N) is 1. The zero-order valence-corrected chi connectivity index (χ0v) is 8.58. The lowest BCUT2D eigenvalue weighted by molar-refractivity contribution is -0.140. The number of rotatable bonds is 7. The fourth-order valence-corrected chi connectivity index (χ4v) is 1.19. The van der Waals surface area contributed by atoms with Gasteiger partial charge in [0, 0.05) is 6.54 Å². The van der Waals surface area contributed by atoms with Crippen molar-refractivity contribution >= 4 is 17.7 Å². The Morgan fingerprint density at radius 1 is 1.50 bits per heavy atom. The molecule has 0 fully saturated rings. The van der Waals surface area contributed by atoms with Gasteiger partial charge in [-0.3, -0.25) is 4.79 Å². The Morgan fingerprint density at radius 3 is 2.83 bits per heavy atom. The van der Waals surface area contributed by atoms with E-state index in [9.17, 15) is 4.79 Å². The summed E-state index contributed by atoms with van der Waals surface area (Å²) in [6, 6.07) is 0. The third kappa shape index (κ3) is 7.88. The second-order valence-corrected chi connectivity index (χ2v) is 3.41. The molecule has 0 spiro atoms. The first kappa shape index (κ1) is 11.8. The van der Waals surface area contributed by atoms with E-state index in [1.54, 1.807) is 0 Å². The van der Waals surface area contributed by atoms with Crippen LogP contribution in [-0.4, -0.2) is 38.2 Å². The van der Waals surface area contributed by atoms with Crippen LogP contribution in [0.25, 0.3) is 0 Å². The van der Waals surface area contributed by atoms with Gasteiger partial charge in [-0.05, 0) is 25.0 Å². The van der Waals surface area contributed by atoms with E-state index in [-0.39, 0.29) is 5.97 Å². The minimum Gasteiger partial charge on any atom is -0.469 e.